The summed E-state index contributed by atoms with van der Waals surface area (Å²) in [6.07, 6.45) is 5.05. The van der Waals surface area contributed by atoms with Crippen LogP contribution in [0, 0.1) is 11.8 Å². The molecule has 0 bridgehead atoms. The highest BCUT2D eigenvalue weighted by atomic mass is 16.5. The van der Waals surface area contributed by atoms with Gasteiger partial charge in [-0.1, -0.05) is 13.8 Å². The maximum absolute atomic E-state index is 5.68. The Hall–Kier alpha value is -0.120. The van der Waals surface area contributed by atoms with E-state index in [-0.39, 0.29) is 0 Å². The molecule has 120 valence electrons. The van der Waals surface area contributed by atoms with Crippen LogP contribution in [-0.2, 0) is 9.47 Å². The van der Waals surface area contributed by atoms with Crippen LogP contribution in [0.3, 0.4) is 0 Å². The summed E-state index contributed by atoms with van der Waals surface area (Å²) in [7, 11) is 0. The van der Waals surface area contributed by atoms with Gasteiger partial charge < -0.3 is 14.4 Å². The van der Waals surface area contributed by atoms with Crippen LogP contribution >= 0.6 is 0 Å². The summed E-state index contributed by atoms with van der Waals surface area (Å²) in [4.78, 5) is 2.58. The molecule has 0 aliphatic carbocycles. The molecular weight excluding hydrogens is 250 g/mol. The average Bonchev–Trinajstić information content (AvgIpc) is 2.42. The molecule has 0 N–H and O–H groups in total. The molecule has 1 saturated heterocycles. The summed E-state index contributed by atoms with van der Waals surface area (Å²) >= 11 is 0. The lowest BCUT2D eigenvalue weighted by Crippen LogP contribution is -2.38. The zero-order valence-electron chi connectivity index (χ0n) is 14.1. The first-order valence-corrected chi connectivity index (χ1v) is 8.49. The molecule has 0 atom stereocenters. The minimum Gasteiger partial charge on any atom is -0.379 e. The van der Waals surface area contributed by atoms with Gasteiger partial charge in [-0.3, -0.25) is 0 Å². The van der Waals surface area contributed by atoms with Crippen molar-refractivity contribution in [3.63, 3.8) is 0 Å². The number of hydrogen-bond donors (Lipinski definition) is 0. The second kappa shape index (κ2) is 10.6. The monoisotopic (exact) mass is 285 g/mol. The lowest BCUT2D eigenvalue weighted by Gasteiger charge is -2.34. The maximum atomic E-state index is 5.68. The Bertz CT molecular complexity index is 223. The molecule has 0 aromatic carbocycles. The van der Waals surface area contributed by atoms with Gasteiger partial charge in [0.05, 0.1) is 13.2 Å². The van der Waals surface area contributed by atoms with E-state index in [9.17, 15) is 0 Å². The number of nitrogens with zero attached hydrogens (tertiary/aromatic N) is 1. The van der Waals surface area contributed by atoms with Gasteiger partial charge in [-0.05, 0) is 64.5 Å². The lowest BCUT2D eigenvalue weighted by atomic mass is 9.93. The SMILES string of the molecule is CC(C)CCOCCOCCC1CCN(C(C)C)CC1. The van der Waals surface area contributed by atoms with E-state index in [4.69, 9.17) is 9.47 Å². The molecule has 1 rings (SSSR count). The van der Waals surface area contributed by atoms with Crippen LogP contribution in [0.4, 0.5) is 0 Å². The molecule has 1 heterocycles. The number of ether oxygens (including phenoxy) is 2. The van der Waals surface area contributed by atoms with E-state index in [0.717, 1.165) is 44.7 Å². The van der Waals surface area contributed by atoms with Crippen LogP contribution in [0.5, 0.6) is 0 Å². The van der Waals surface area contributed by atoms with Crippen molar-refractivity contribution in [3.8, 4) is 0 Å². The molecular formula is C17H35NO2. The zero-order chi connectivity index (χ0) is 14.8. The van der Waals surface area contributed by atoms with Crippen molar-refractivity contribution < 1.29 is 9.47 Å². The van der Waals surface area contributed by atoms with Crippen molar-refractivity contribution in [2.24, 2.45) is 11.8 Å². The van der Waals surface area contributed by atoms with Gasteiger partial charge in [0.15, 0.2) is 0 Å². The highest BCUT2D eigenvalue weighted by Gasteiger charge is 2.20. The number of hydrogen-bond acceptors (Lipinski definition) is 3. The third-order valence-electron chi connectivity index (χ3n) is 4.26. The van der Waals surface area contributed by atoms with Gasteiger partial charge >= 0.3 is 0 Å². The summed E-state index contributed by atoms with van der Waals surface area (Å²) in [6.45, 7) is 14.8. The molecule has 0 aromatic rings. The third-order valence-corrected chi connectivity index (χ3v) is 4.26. The van der Waals surface area contributed by atoms with Gasteiger partial charge in [0.1, 0.15) is 0 Å². The Balaban J connectivity index is 1.88. The largest absolute Gasteiger partial charge is 0.379 e. The van der Waals surface area contributed by atoms with Gasteiger partial charge in [-0.15, -0.1) is 0 Å². The van der Waals surface area contributed by atoms with Crippen LogP contribution in [-0.4, -0.2) is 50.5 Å². The first-order chi connectivity index (χ1) is 9.59. The number of rotatable bonds is 10. The van der Waals surface area contributed by atoms with E-state index in [1.807, 2.05) is 0 Å². The number of piperidine rings is 1. The van der Waals surface area contributed by atoms with Gasteiger partial charge in [0.2, 0.25) is 0 Å². The van der Waals surface area contributed by atoms with E-state index in [1.165, 1.54) is 32.4 Å². The summed E-state index contributed by atoms with van der Waals surface area (Å²) < 4.78 is 11.2. The molecule has 0 saturated carbocycles. The molecule has 20 heavy (non-hydrogen) atoms. The smallest absolute Gasteiger partial charge is 0.0700 e. The minimum absolute atomic E-state index is 0.704. The molecule has 3 nitrogen and oxygen atoms in total. The fourth-order valence-corrected chi connectivity index (χ4v) is 2.65. The quantitative estimate of drug-likeness (QED) is 0.573. The van der Waals surface area contributed by atoms with Crippen LogP contribution in [0.1, 0.15) is 53.4 Å². The summed E-state index contributed by atoms with van der Waals surface area (Å²) in [5, 5.41) is 0. The highest BCUT2D eigenvalue weighted by molar-refractivity contribution is 4.74. The minimum atomic E-state index is 0.704. The van der Waals surface area contributed by atoms with Gasteiger partial charge in [0.25, 0.3) is 0 Å². The molecule has 1 aliphatic heterocycles. The molecule has 0 aromatic heterocycles. The molecule has 1 aliphatic rings. The maximum Gasteiger partial charge on any atom is 0.0700 e. The molecule has 1 fully saturated rings. The van der Waals surface area contributed by atoms with Crippen LogP contribution in [0.15, 0.2) is 0 Å². The average molecular weight is 285 g/mol. The van der Waals surface area contributed by atoms with E-state index in [1.54, 1.807) is 0 Å². The van der Waals surface area contributed by atoms with Crippen molar-refractivity contribution in [1.29, 1.82) is 0 Å². The molecule has 0 amide bonds. The van der Waals surface area contributed by atoms with E-state index in [2.05, 4.69) is 32.6 Å². The van der Waals surface area contributed by atoms with Crippen molar-refractivity contribution in [3.05, 3.63) is 0 Å². The van der Waals surface area contributed by atoms with Crippen molar-refractivity contribution in [2.45, 2.75) is 59.4 Å². The molecule has 0 unspecified atom stereocenters. The van der Waals surface area contributed by atoms with Crippen molar-refractivity contribution >= 4 is 0 Å². The topological polar surface area (TPSA) is 21.7 Å². The predicted octanol–water partition coefficient (Wildman–Crippen LogP) is 3.58. The zero-order valence-corrected chi connectivity index (χ0v) is 14.1. The Morgan fingerprint density at radius 1 is 0.900 bits per heavy atom. The Morgan fingerprint density at radius 2 is 1.50 bits per heavy atom. The third kappa shape index (κ3) is 8.23. The van der Waals surface area contributed by atoms with Crippen LogP contribution in [0.25, 0.3) is 0 Å². The Labute approximate surface area is 126 Å². The van der Waals surface area contributed by atoms with Gasteiger partial charge in [-0.25, -0.2) is 0 Å². The van der Waals surface area contributed by atoms with Crippen LogP contribution < -0.4 is 0 Å². The first-order valence-electron chi connectivity index (χ1n) is 8.49. The summed E-state index contributed by atoms with van der Waals surface area (Å²) in [5.41, 5.74) is 0. The standard InChI is InChI=1S/C17H35NO2/c1-15(2)7-11-19-13-14-20-12-8-17-5-9-18(10-6-17)16(3)4/h15-17H,5-14H2,1-4H3. The normalized spacial score (nSPS) is 18.3. The summed E-state index contributed by atoms with van der Waals surface area (Å²) in [5.74, 6) is 1.60. The molecule has 3 heteroatoms. The van der Waals surface area contributed by atoms with E-state index >= 15 is 0 Å². The number of likely N-dealkylation sites (tertiary alicyclic amines) is 1. The fraction of sp³-hybridized carbons (Fsp3) is 1.00. The Kier molecular flexibility index (Phi) is 9.49. The van der Waals surface area contributed by atoms with Crippen molar-refractivity contribution in [2.75, 3.05) is 39.5 Å². The van der Waals surface area contributed by atoms with Crippen LogP contribution in [0.2, 0.25) is 0 Å². The predicted molar refractivity (Wildman–Crippen MR) is 85.1 cm³/mol. The molecule has 0 spiro atoms. The molecule has 0 radical (unpaired) electrons. The summed E-state index contributed by atoms with van der Waals surface area (Å²) in [6, 6.07) is 0.704. The second-order valence-corrected chi connectivity index (χ2v) is 6.77. The second-order valence-electron chi connectivity index (χ2n) is 6.77. The fourth-order valence-electron chi connectivity index (χ4n) is 2.65. The van der Waals surface area contributed by atoms with Gasteiger partial charge in [0, 0.05) is 19.3 Å². The van der Waals surface area contributed by atoms with E-state index in [0.29, 0.717) is 6.04 Å². The lowest BCUT2D eigenvalue weighted by molar-refractivity contribution is 0.0349. The van der Waals surface area contributed by atoms with E-state index < -0.39 is 0 Å². The Morgan fingerprint density at radius 3 is 2.05 bits per heavy atom. The van der Waals surface area contributed by atoms with Gasteiger partial charge in [-0.2, -0.15) is 0 Å². The first kappa shape index (κ1) is 17.9. The van der Waals surface area contributed by atoms with Crippen molar-refractivity contribution in [1.82, 2.24) is 4.90 Å². The highest BCUT2D eigenvalue weighted by Crippen LogP contribution is 2.21.